The molecular weight excluding hydrogens is 336 g/mol. The first-order valence-electron chi connectivity index (χ1n) is 6.49. The summed E-state index contributed by atoms with van der Waals surface area (Å²) in [5.41, 5.74) is 0. The van der Waals surface area contributed by atoms with Gasteiger partial charge in [-0.15, -0.1) is 0 Å². The van der Waals surface area contributed by atoms with Crippen molar-refractivity contribution >= 4 is 20.9 Å². The molecule has 2 aliphatic rings. The topological polar surface area (TPSA) is 36.9 Å². The molecule has 0 saturated carbocycles. The van der Waals surface area contributed by atoms with Gasteiger partial charge in [0.2, 0.25) is 0 Å². The summed E-state index contributed by atoms with van der Waals surface area (Å²) < 4.78 is 24.7. The van der Waals surface area contributed by atoms with E-state index in [1.54, 1.807) is 0 Å². The normalized spacial score (nSPS) is 24.0. The van der Waals surface area contributed by atoms with E-state index in [0.29, 0.717) is 0 Å². The van der Waals surface area contributed by atoms with Gasteiger partial charge in [0.05, 0.1) is 0 Å². The fourth-order valence-corrected chi connectivity index (χ4v) is 4.50. The van der Waals surface area contributed by atoms with Gasteiger partial charge in [-0.2, -0.15) is 0 Å². The van der Waals surface area contributed by atoms with Crippen LogP contribution in [0.3, 0.4) is 0 Å². The molecule has 0 unspecified atom stereocenters. The molecule has 0 aromatic heterocycles. The Morgan fingerprint density at radius 1 is 0.706 bits per heavy atom. The van der Waals surface area contributed by atoms with Crippen LogP contribution in [0, 0.1) is 0 Å². The maximum absolute atomic E-state index is 5.52. The van der Waals surface area contributed by atoms with Crippen LogP contribution < -0.4 is 0 Å². The number of hydrogen-bond donors (Lipinski definition) is 0. The van der Waals surface area contributed by atoms with Crippen LogP contribution in [0.15, 0.2) is 0 Å². The van der Waals surface area contributed by atoms with Gasteiger partial charge in [-0.1, -0.05) is 0 Å². The van der Waals surface area contributed by atoms with Gasteiger partial charge in [0.15, 0.2) is 0 Å². The molecule has 0 aliphatic carbocycles. The molecule has 2 aliphatic heterocycles. The van der Waals surface area contributed by atoms with Crippen molar-refractivity contribution in [1.29, 1.82) is 0 Å². The Bertz CT molecular complexity index is 171. The second-order valence-electron chi connectivity index (χ2n) is 4.24. The van der Waals surface area contributed by atoms with Crippen molar-refractivity contribution < 1.29 is 18.9 Å². The van der Waals surface area contributed by atoms with Crippen molar-refractivity contribution in [2.45, 2.75) is 47.2 Å². The summed E-state index contributed by atoms with van der Waals surface area (Å²) in [4.78, 5) is 0. The second-order valence-corrected chi connectivity index (χ2v) is 7.73. The van der Waals surface area contributed by atoms with E-state index in [4.69, 9.17) is 18.9 Å². The summed E-state index contributed by atoms with van der Waals surface area (Å²) in [6.45, 7) is 3.48. The molecule has 0 N–H and O–H groups in total. The molecule has 0 amide bonds. The molecule has 0 atom stereocenters. The van der Waals surface area contributed by atoms with Crippen LogP contribution in [0.5, 0.6) is 0 Å². The van der Waals surface area contributed by atoms with Gasteiger partial charge in [0.1, 0.15) is 0 Å². The van der Waals surface area contributed by atoms with Gasteiger partial charge in [-0.05, 0) is 0 Å². The minimum absolute atomic E-state index is 0.0781. The van der Waals surface area contributed by atoms with Crippen LogP contribution in [0.1, 0.15) is 25.7 Å². The molecule has 0 spiro atoms. The van der Waals surface area contributed by atoms with Crippen LogP contribution >= 0.6 is 0 Å². The molecule has 100 valence electrons. The van der Waals surface area contributed by atoms with Crippen LogP contribution in [0.25, 0.3) is 0 Å². The summed E-state index contributed by atoms with van der Waals surface area (Å²) in [6.07, 6.45) is 4.41. The first kappa shape index (κ1) is 14.0. The second kappa shape index (κ2) is 8.68. The minimum atomic E-state index is 0.0781. The Balaban J connectivity index is 1.42. The Labute approximate surface area is 113 Å². The Morgan fingerprint density at radius 2 is 1.12 bits per heavy atom. The molecule has 0 radical (unpaired) electrons. The van der Waals surface area contributed by atoms with Crippen LogP contribution in [0.4, 0.5) is 0 Å². The molecule has 2 saturated heterocycles. The Kier molecular flexibility index (Phi) is 7.18. The van der Waals surface area contributed by atoms with Crippen molar-refractivity contribution in [2.75, 3.05) is 26.4 Å². The summed E-state index contributed by atoms with van der Waals surface area (Å²) >= 11 is 0.0781. The van der Waals surface area contributed by atoms with Gasteiger partial charge in [-0.3, -0.25) is 0 Å². The fraction of sp³-hybridized carbons (Fsp3) is 1.00. The molecule has 2 fully saturated rings. The summed E-state index contributed by atoms with van der Waals surface area (Å²) in [5, 5.41) is 0. The molecule has 4 nitrogen and oxygen atoms in total. The molecular formula is C12H22O4Te. The van der Waals surface area contributed by atoms with E-state index in [-0.39, 0.29) is 33.5 Å². The van der Waals surface area contributed by atoms with Crippen molar-refractivity contribution in [2.24, 2.45) is 0 Å². The van der Waals surface area contributed by atoms with Crippen molar-refractivity contribution in [1.82, 2.24) is 0 Å². The zero-order chi connectivity index (χ0) is 11.8. The van der Waals surface area contributed by atoms with E-state index in [0.717, 1.165) is 52.1 Å². The van der Waals surface area contributed by atoms with Crippen LogP contribution in [-0.4, -0.2) is 59.9 Å². The van der Waals surface area contributed by atoms with Crippen LogP contribution in [-0.2, 0) is 18.9 Å². The Hall–Kier alpha value is 0.630. The first-order valence-corrected chi connectivity index (χ1v) is 9.79. The number of ether oxygens (including phenoxy) is 4. The molecule has 2 heterocycles. The van der Waals surface area contributed by atoms with E-state index >= 15 is 0 Å². The van der Waals surface area contributed by atoms with E-state index in [1.165, 1.54) is 8.94 Å². The standard InChI is InChI=1S/C12H22O4Te/c1-5-13-11(14-6-1)3-9-17-10-4-12-15-7-2-8-16-12/h11-12H,1-10H2. The third-order valence-electron chi connectivity index (χ3n) is 2.79. The first-order chi connectivity index (χ1) is 8.45. The van der Waals surface area contributed by atoms with Crippen molar-refractivity contribution in [3.63, 3.8) is 0 Å². The van der Waals surface area contributed by atoms with Crippen molar-refractivity contribution in [3.05, 3.63) is 0 Å². The SMILES string of the molecule is C1COC(CC[Te]CCC2OCCCO2)OC1. The third-order valence-corrected chi connectivity index (χ3v) is 5.78. The molecule has 17 heavy (non-hydrogen) atoms. The predicted octanol–water partition coefficient (Wildman–Crippen LogP) is 1.83. The Morgan fingerprint density at radius 3 is 1.53 bits per heavy atom. The molecule has 0 bridgehead atoms. The molecule has 0 aromatic carbocycles. The average molecular weight is 358 g/mol. The zero-order valence-electron chi connectivity index (χ0n) is 10.3. The van der Waals surface area contributed by atoms with E-state index in [1.807, 2.05) is 0 Å². The molecule has 0 aromatic rings. The van der Waals surface area contributed by atoms with Gasteiger partial charge in [-0.25, -0.2) is 0 Å². The van der Waals surface area contributed by atoms with Crippen LogP contribution in [0.2, 0.25) is 8.94 Å². The van der Waals surface area contributed by atoms with Gasteiger partial charge in [0.25, 0.3) is 0 Å². The van der Waals surface area contributed by atoms with Gasteiger partial charge < -0.3 is 0 Å². The molecule has 2 rings (SSSR count). The summed E-state index contributed by atoms with van der Waals surface area (Å²) in [7, 11) is 0. The summed E-state index contributed by atoms with van der Waals surface area (Å²) in [6, 6.07) is 0. The fourth-order valence-electron chi connectivity index (χ4n) is 1.87. The molecule has 5 heteroatoms. The quantitative estimate of drug-likeness (QED) is 0.537. The van der Waals surface area contributed by atoms with E-state index < -0.39 is 0 Å². The summed E-state index contributed by atoms with van der Waals surface area (Å²) in [5.74, 6) is 0. The monoisotopic (exact) mass is 360 g/mol. The van der Waals surface area contributed by atoms with E-state index in [2.05, 4.69) is 0 Å². The average Bonchev–Trinajstić information content (AvgIpc) is 2.41. The number of hydrogen-bond acceptors (Lipinski definition) is 4. The van der Waals surface area contributed by atoms with Gasteiger partial charge >= 0.3 is 113 Å². The third kappa shape index (κ3) is 5.87. The van der Waals surface area contributed by atoms with Gasteiger partial charge in [0, 0.05) is 0 Å². The van der Waals surface area contributed by atoms with Crippen molar-refractivity contribution in [3.8, 4) is 0 Å². The predicted molar refractivity (Wildman–Crippen MR) is 65.2 cm³/mol. The van der Waals surface area contributed by atoms with E-state index in [9.17, 15) is 0 Å². The maximum atomic E-state index is 5.52. The number of rotatable bonds is 6. The zero-order valence-corrected chi connectivity index (χ0v) is 12.6.